The number of benzene rings is 3. The summed E-state index contributed by atoms with van der Waals surface area (Å²) >= 11 is 11.8. The molecule has 3 rings (SSSR count). The van der Waals surface area contributed by atoms with Gasteiger partial charge in [0.2, 0.25) is 0 Å². The Hall–Kier alpha value is -2.18. The van der Waals surface area contributed by atoms with E-state index < -0.39 is 29.0 Å². The molecule has 0 heterocycles. The molecule has 0 radical (unpaired) electrons. The van der Waals surface area contributed by atoms with Gasteiger partial charge in [-0.05, 0) is 64.9 Å². The van der Waals surface area contributed by atoms with Crippen LogP contribution in [0.5, 0.6) is 0 Å². The van der Waals surface area contributed by atoms with Crippen molar-refractivity contribution in [2.45, 2.75) is 51.9 Å². The summed E-state index contributed by atoms with van der Waals surface area (Å²) in [4.78, 5) is 0. The van der Waals surface area contributed by atoms with Gasteiger partial charge in [0.15, 0.2) is 0 Å². The van der Waals surface area contributed by atoms with Crippen LogP contribution in [0.3, 0.4) is 0 Å². The molecule has 3 aromatic carbocycles. The Bertz CT molecular complexity index is 1140. The lowest BCUT2D eigenvalue weighted by molar-refractivity contribution is -0.142. The first-order valence-electron chi connectivity index (χ1n) is 10.8. The Labute approximate surface area is 204 Å². The Morgan fingerprint density at radius 2 is 0.941 bits per heavy atom. The standard InChI is InChI=1S/C26H22Cl2F6/c1-3-5-19-20(6-4-2)23(25(29,30)31)22(16-9-13-18(28)14-10-16)24(26(32,33)34)21(19)15-7-11-17(27)12-8-15/h7-14H,3-6H2,1-2H3. The van der Waals surface area contributed by atoms with Gasteiger partial charge in [0.25, 0.3) is 0 Å². The van der Waals surface area contributed by atoms with Gasteiger partial charge in [0, 0.05) is 15.6 Å². The van der Waals surface area contributed by atoms with E-state index in [9.17, 15) is 26.3 Å². The van der Waals surface area contributed by atoms with Gasteiger partial charge in [-0.2, -0.15) is 26.3 Å². The molecule has 0 aliphatic carbocycles. The van der Waals surface area contributed by atoms with Crippen molar-refractivity contribution in [1.29, 1.82) is 0 Å². The molecule has 0 bridgehead atoms. The molecule has 0 aromatic heterocycles. The molecule has 0 saturated carbocycles. The number of alkyl halides is 6. The summed E-state index contributed by atoms with van der Waals surface area (Å²) < 4.78 is 87.9. The van der Waals surface area contributed by atoms with Crippen molar-refractivity contribution in [3.05, 3.63) is 80.8 Å². The Morgan fingerprint density at radius 3 is 1.32 bits per heavy atom. The largest absolute Gasteiger partial charge is 0.417 e. The first kappa shape index (κ1) is 26.4. The summed E-state index contributed by atoms with van der Waals surface area (Å²) in [6.07, 6.45) is -9.28. The fraction of sp³-hybridized carbons (Fsp3) is 0.308. The van der Waals surface area contributed by atoms with Crippen molar-refractivity contribution in [3.8, 4) is 22.3 Å². The van der Waals surface area contributed by atoms with Crippen LogP contribution in [0.2, 0.25) is 10.0 Å². The van der Waals surface area contributed by atoms with E-state index >= 15 is 0 Å². The monoisotopic (exact) mass is 518 g/mol. The zero-order valence-corrected chi connectivity index (χ0v) is 20.0. The van der Waals surface area contributed by atoms with Gasteiger partial charge < -0.3 is 0 Å². The average Bonchev–Trinajstić information content (AvgIpc) is 2.74. The van der Waals surface area contributed by atoms with Gasteiger partial charge in [-0.1, -0.05) is 74.2 Å². The molecule has 0 aliphatic heterocycles. The predicted molar refractivity (Wildman–Crippen MR) is 125 cm³/mol. The lowest BCUT2D eigenvalue weighted by atomic mass is 9.78. The molecule has 0 saturated heterocycles. The van der Waals surface area contributed by atoms with Gasteiger partial charge in [-0.3, -0.25) is 0 Å². The quantitative estimate of drug-likeness (QED) is 0.284. The highest BCUT2D eigenvalue weighted by atomic mass is 35.5. The molecule has 3 aromatic rings. The molecule has 0 fully saturated rings. The van der Waals surface area contributed by atoms with Crippen molar-refractivity contribution in [2.75, 3.05) is 0 Å². The summed E-state index contributed by atoms with van der Waals surface area (Å²) in [5, 5.41) is 0.521. The van der Waals surface area contributed by atoms with Crippen molar-refractivity contribution in [2.24, 2.45) is 0 Å². The Balaban J connectivity index is 2.67. The zero-order chi connectivity index (χ0) is 25.3. The third-order valence-corrected chi connectivity index (χ3v) is 6.05. The first-order valence-corrected chi connectivity index (χ1v) is 11.5. The van der Waals surface area contributed by atoms with E-state index in [0.717, 1.165) is 0 Å². The molecule has 34 heavy (non-hydrogen) atoms. The fourth-order valence-corrected chi connectivity index (χ4v) is 4.59. The number of hydrogen-bond acceptors (Lipinski definition) is 0. The van der Waals surface area contributed by atoms with Crippen LogP contribution in [0.4, 0.5) is 26.3 Å². The third-order valence-electron chi connectivity index (χ3n) is 5.55. The van der Waals surface area contributed by atoms with Crippen LogP contribution in [0.1, 0.15) is 48.9 Å². The SMILES string of the molecule is CCCc1c(CCC)c(C(F)(F)F)c(-c2ccc(Cl)cc2)c(C(F)(F)F)c1-c1ccc(Cl)cc1. The van der Waals surface area contributed by atoms with E-state index in [2.05, 4.69) is 0 Å². The summed E-state index contributed by atoms with van der Waals surface area (Å²) in [5.74, 6) is 0. The number of rotatable bonds is 6. The molecule has 8 heteroatoms. The third kappa shape index (κ3) is 5.38. The van der Waals surface area contributed by atoms with Crippen molar-refractivity contribution >= 4 is 23.2 Å². The minimum atomic E-state index is -5.06. The average molecular weight is 519 g/mol. The van der Waals surface area contributed by atoms with Crippen LogP contribution in [-0.2, 0) is 25.2 Å². The van der Waals surface area contributed by atoms with Crippen molar-refractivity contribution in [3.63, 3.8) is 0 Å². The summed E-state index contributed by atoms with van der Waals surface area (Å²) in [6.45, 7) is 3.44. The van der Waals surface area contributed by atoms with Gasteiger partial charge in [0.1, 0.15) is 0 Å². The van der Waals surface area contributed by atoms with Gasteiger partial charge in [0.05, 0.1) is 11.1 Å². The molecule has 0 spiro atoms. The van der Waals surface area contributed by atoms with Gasteiger partial charge in [-0.15, -0.1) is 0 Å². The van der Waals surface area contributed by atoms with Crippen LogP contribution in [0, 0.1) is 0 Å². The predicted octanol–water partition coefficient (Wildman–Crippen LogP) is 10.3. The minimum absolute atomic E-state index is 0.0104. The summed E-state index contributed by atoms with van der Waals surface area (Å²) in [6, 6.07) is 10.7. The Morgan fingerprint density at radius 1 is 0.559 bits per heavy atom. The van der Waals surface area contributed by atoms with Crippen LogP contribution < -0.4 is 0 Å². The maximum atomic E-state index is 14.7. The molecular formula is C26H22Cl2F6. The zero-order valence-electron chi connectivity index (χ0n) is 18.5. The molecule has 0 N–H and O–H groups in total. The highest BCUT2D eigenvalue weighted by Crippen LogP contribution is 2.52. The normalized spacial score (nSPS) is 12.3. The summed E-state index contributed by atoms with van der Waals surface area (Å²) in [7, 11) is 0. The first-order chi connectivity index (χ1) is 15.9. The molecule has 182 valence electrons. The second-order valence-corrected chi connectivity index (χ2v) is 8.84. The van der Waals surface area contributed by atoms with Crippen molar-refractivity contribution in [1.82, 2.24) is 0 Å². The lowest BCUT2D eigenvalue weighted by Gasteiger charge is -2.29. The van der Waals surface area contributed by atoms with Crippen LogP contribution in [0.15, 0.2) is 48.5 Å². The van der Waals surface area contributed by atoms with Gasteiger partial charge in [-0.25, -0.2) is 0 Å². The lowest BCUT2D eigenvalue weighted by Crippen LogP contribution is -2.21. The van der Waals surface area contributed by atoms with Crippen molar-refractivity contribution < 1.29 is 26.3 Å². The van der Waals surface area contributed by atoms with E-state index in [1.54, 1.807) is 13.8 Å². The van der Waals surface area contributed by atoms with Gasteiger partial charge >= 0.3 is 12.4 Å². The number of halogens is 8. The maximum Gasteiger partial charge on any atom is 0.417 e. The van der Waals surface area contributed by atoms with E-state index in [0.29, 0.717) is 17.9 Å². The topological polar surface area (TPSA) is 0 Å². The van der Waals surface area contributed by atoms with E-state index in [1.807, 2.05) is 0 Å². The molecular weight excluding hydrogens is 497 g/mol. The summed E-state index contributed by atoms with van der Waals surface area (Å²) in [5.41, 5.74) is -3.68. The highest BCUT2D eigenvalue weighted by molar-refractivity contribution is 6.31. The minimum Gasteiger partial charge on any atom is -0.166 e. The second-order valence-electron chi connectivity index (χ2n) is 7.97. The van der Waals surface area contributed by atoms with E-state index in [4.69, 9.17) is 23.2 Å². The van der Waals surface area contributed by atoms with E-state index in [1.165, 1.54) is 48.5 Å². The van der Waals surface area contributed by atoms with Crippen LogP contribution in [0.25, 0.3) is 22.3 Å². The second kappa shape index (κ2) is 10.2. The highest BCUT2D eigenvalue weighted by Gasteiger charge is 2.46. The molecule has 0 nitrogen and oxygen atoms in total. The maximum absolute atomic E-state index is 14.7. The van der Waals surface area contributed by atoms with Crippen LogP contribution >= 0.6 is 23.2 Å². The smallest absolute Gasteiger partial charge is 0.166 e. The molecule has 0 unspecified atom stereocenters. The van der Waals surface area contributed by atoms with Crippen LogP contribution in [-0.4, -0.2) is 0 Å². The number of hydrogen-bond donors (Lipinski definition) is 0. The molecule has 0 atom stereocenters. The molecule has 0 aliphatic rings. The van der Waals surface area contributed by atoms with E-state index in [-0.39, 0.29) is 45.7 Å². The Kier molecular flexibility index (Phi) is 7.93. The fourth-order valence-electron chi connectivity index (χ4n) is 4.34. The molecule has 0 amide bonds.